The van der Waals surface area contributed by atoms with Crippen LogP contribution in [0.5, 0.6) is 0 Å². The van der Waals surface area contributed by atoms with Gasteiger partial charge in [-0.2, -0.15) is 0 Å². The van der Waals surface area contributed by atoms with Crippen molar-refractivity contribution in [2.45, 2.75) is 116 Å². The Balaban J connectivity index is 1.42. The Hall–Kier alpha value is -2.90. The lowest BCUT2D eigenvalue weighted by Crippen LogP contribution is -2.49. The van der Waals surface area contributed by atoms with Crippen LogP contribution in [0.2, 0.25) is 12.1 Å². The van der Waals surface area contributed by atoms with E-state index in [9.17, 15) is 0 Å². The third-order valence-corrected chi connectivity index (χ3v) is 18.8. The van der Waals surface area contributed by atoms with Gasteiger partial charge in [0.05, 0.1) is 8.07 Å². The van der Waals surface area contributed by atoms with Crippen molar-refractivity contribution in [1.82, 2.24) is 0 Å². The lowest BCUT2D eigenvalue weighted by Gasteiger charge is -2.46. The van der Waals surface area contributed by atoms with Crippen LogP contribution in [0.4, 0.5) is 0 Å². The lowest BCUT2D eigenvalue weighted by molar-refractivity contribution is 0.535. The van der Waals surface area contributed by atoms with Crippen molar-refractivity contribution in [3.8, 4) is 22.3 Å². The number of benzene rings is 4. The lowest BCUT2D eigenvalue weighted by atomic mass is 9.85. The largest absolute Gasteiger partial charge is 0.0689 e. The summed E-state index contributed by atoms with van der Waals surface area (Å²) in [7, 11) is -1.82. The predicted octanol–water partition coefficient (Wildman–Crippen LogP) is 12.4. The SMILES string of the molecule is CC[Si](CC)(C1c2cccc(-c3ccc(C(C)(C)C)cc3)c2CC1C)C1c2cccc(-c3ccc(C(C)(C)C)cc3)c2CC1C. The highest BCUT2D eigenvalue weighted by atomic mass is 28.3. The average molecular weight is 613 g/mol. The van der Waals surface area contributed by atoms with Crippen LogP contribution in [0.25, 0.3) is 22.3 Å². The molecule has 0 saturated carbocycles. The summed E-state index contributed by atoms with van der Waals surface area (Å²) in [6, 6.07) is 36.2. The van der Waals surface area contributed by atoms with Gasteiger partial charge < -0.3 is 0 Å². The maximum Gasteiger partial charge on any atom is 0.0689 e. The van der Waals surface area contributed by atoms with Crippen molar-refractivity contribution in [3.63, 3.8) is 0 Å². The van der Waals surface area contributed by atoms with E-state index in [0.717, 1.165) is 0 Å². The van der Waals surface area contributed by atoms with Gasteiger partial charge in [-0.25, -0.2) is 0 Å². The minimum Gasteiger partial charge on any atom is -0.0677 e. The summed E-state index contributed by atoms with van der Waals surface area (Å²) in [4.78, 5) is 0. The van der Waals surface area contributed by atoms with Crippen molar-refractivity contribution in [2.75, 3.05) is 0 Å². The van der Waals surface area contributed by atoms with E-state index in [-0.39, 0.29) is 10.8 Å². The molecule has 0 spiro atoms. The van der Waals surface area contributed by atoms with Crippen LogP contribution in [-0.2, 0) is 23.7 Å². The van der Waals surface area contributed by atoms with E-state index >= 15 is 0 Å². The van der Waals surface area contributed by atoms with Crippen molar-refractivity contribution < 1.29 is 0 Å². The summed E-state index contributed by atoms with van der Waals surface area (Å²) in [5, 5.41) is 0. The Morgan fingerprint density at radius 3 is 1.20 bits per heavy atom. The second kappa shape index (κ2) is 11.7. The minimum atomic E-state index is -1.82. The van der Waals surface area contributed by atoms with Gasteiger partial charge in [0.1, 0.15) is 0 Å². The maximum atomic E-state index is 2.58. The highest BCUT2D eigenvalue weighted by Gasteiger charge is 2.54. The number of hydrogen-bond donors (Lipinski definition) is 0. The monoisotopic (exact) mass is 612 g/mol. The van der Waals surface area contributed by atoms with E-state index in [1.807, 2.05) is 0 Å². The molecular weight excluding hydrogens is 557 g/mol. The van der Waals surface area contributed by atoms with E-state index in [2.05, 4.69) is 154 Å². The molecule has 4 unspecified atom stereocenters. The first-order valence-electron chi connectivity index (χ1n) is 17.8. The fourth-order valence-electron chi connectivity index (χ4n) is 9.66. The molecule has 0 amide bonds. The molecule has 4 atom stereocenters. The van der Waals surface area contributed by atoms with Crippen LogP contribution >= 0.6 is 0 Å². The van der Waals surface area contributed by atoms with Crippen molar-refractivity contribution >= 4 is 8.07 Å². The maximum absolute atomic E-state index is 2.58. The second-order valence-electron chi connectivity index (χ2n) is 16.7. The van der Waals surface area contributed by atoms with Gasteiger partial charge in [0.2, 0.25) is 0 Å². The van der Waals surface area contributed by atoms with E-state index < -0.39 is 8.07 Å². The molecule has 0 saturated heterocycles. The Labute approximate surface area is 275 Å². The average Bonchev–Trinajstić information content (AvgIpc) is 3.54. The Bertz CT molecular complexity index is 1530. The predicted molar refractivity (Wildman–Crippen MR) is 199 cm³/mol. The van der Waals surface area contributed by atoms with Gasteiger partial charge in [-0.05, 0) is 102 Å². The highest BCUT2D eigenvalue weighted by Crippen LogP contribution is 2.58. The molecule has 4 aromatic carbocycles. The van der Waals surface area contributed by atoms with Crippen molar-refractivity contribution in [3.05, 3.63) is 118 Å². The molecule has 1 heteroatoms. The molecule has 2 aliphatic carbocycles. The highest BCUT2D eigenvalue weighted by molar-refractivity contribution is 6.82. The summed E-state index contributed by atoms with van der Waals surface area (Å²) in [5.41, 5.74) is 16.9. The molecule has 0 aromatic heterocycles. The Morgan fingerprint density at radius 1 is 0.533 bits per heavy atom. The van der Waals surface area contributed by atoms with Gasteiger partial charge in [0, 0.05) is 0 Å². The quantitative estimate of drug-likeness (QED) is 0.190. The van der Waals surface area contributed by atoms with Crippen LogP contribution < -0.4 is 0 Å². The van der Waals surface area contributed by atoms with Gasteiger partial charge in [-0.1, -0.05) is 166 Å². The topological polar surface area (TPSA) is 0 Å². The molecule has 0 radical (unpaired) electrons. The summed E-state index contributed by atoms with van der Waals surface area (Å²) in [6.45, 7) is 24.1. The standard InChI is InChI=1S/C44H56Si/c1-11-45(12-2,41-29(3)27-39-35(15-13-17-37(39)41)31-19-23-33(24-20-31)43(5,6)7)42-30(4)28-40-36(16-14-18-38(40)42)32-21-25-34(26-22-32)44(8,9)10/h13-26,29-30,41-42H,11-12,27-28H2,1-10H3. The fraction of sp³-hybridized carbons (Fsp3) is 0.455. The van der Waals surface area contributed by atoms with E-state index in [1.165, 1.54) is 58.3 Å². The molecule has 0 bridgehead atoms. The number of fused-ring (bicyclic) bond motifs is 2. The molecular formula is C44H56Si. The third-order valence-electron chi connectivity index (χ3n) is 12.0. The first kappa shape index (κ1) is 32.1. The summed E-state index contributed by atoms with van der Waals surface area (Å²) < 4.78 is 0. The molecule has 0 aliphatic heterocycles. The zero-order valence-corrected chi connectivity index (χ0v) is 30.7. The van der Waals surface area contributed by atoms with Gasteiger partial charge in [-0.3, -0.25) is 0 Å². The van der Waals surface area contributed by atoms with E-state index in [4.69, 9.17) is 0 Å². The molecule has 6 rings (SSSR count). The fourth-order valence-corrected chi connectivity index (χ4v) is 16.6. The Kier molecular flexibility index (Phi) is 8.35. The van der Waals surface area contributed by atoms with E-state index in [0.29, 0.717) is 22.9 Å². The number of hydrogen-bond acceptors (Lipinski definition) is 0. The van der Waals surface area contributed by atoms with Gasteiger partial charge in [-0.15, -0.1) is 0 Å². The normalized spacial score (nSPS) is 21.6. The first-order valence-corrected chi connectivity index (χ1v) is 20.3. The zero-order chi connectivity index (χ0) is 32.3. The molecule has 236 valence electrons. The molecule has 2 aliphatic rings. The zero-order valence-electron chi connectivity index (χ0n) is 29.7. The molecule has 0 N–H and O–H groups in total. The summed E-state index contributed by atoms with van der Waals surface area (Å²) in [5.74, 6) is 1.37. The number of rotatable bonds is 6. The molecule has 4 aromatic rings. The third kappa shape index (κ3) is 5.48. The van der Waals surface area contributed by atoms with E-state index in [1.54, 1.807) is 22.3 Å². The first-order chi connectivity index (χ1) is 21.3. The van der Waals surface area contributed by atoms with Crippen LogP contribution in [0.15, 0.2) is 84.9 Å². The Morgan fingerprint density at radius 2 is 0.889 bits per heavy atom. The van der Waals surface area contributed by atoms with Gasteiger partial charge >= 0.3 is 0 Å². The van der Waals surface area contributed by atoms with Crippen LogP contribution in [0.1, 0.15) is 114 Å². The van der Waals surface area contributed by atoms with Crippen molar-refractivity contribution in [2.24, 2.45) is 11.8 Å². The van der Waals surface area contributed by atoms with Gasteiger partial charge in [0.15, 0.2) is 0 Å². The van der Waals surface area contributed by atoms with Crippen LogP contribution in [0, 0.1) is 11.8 Å². The second-order valence-corrected chi connectivity index (χ2v) is 21.8. The van der Waals surface area contributed by atoms with Crippen LogP contribution in [-0.4, -0.2) is 8.07 Å². The van der Waals surface area contributed by atoms with Gasteiger partial charge in [0.25, 0.3) is 0 Å². The molecule has 0 nitrogen and oxygen atoms in total. The molecule has 45 heavy (non-hydrogen) atoms. The molecule has 0 heterocycles. The summed E-state index contributed by atoms with van der Waals surface area (Å²) >= 11 is 0. The smallest absolute Gasteiger partial charge is 0.0677 e. The van der Waals surface area contributed by atoms with Crippen LogP contribution in [0.3, 0.4) is 0 Å². The van der Waals surface area contributed by atoms with Crippen molar-refractivity contribution in [1.29, 1.82) is 0 Å². The molecule has 0 fully saturated rings. The summed E-state index contributed by atoms with van der Waals surface area (Å²) in [6.07, 6.45) is 2.42. The minimum absolute atomic E-state index is 0.175.